The molecule has 164 valence electrons. The summed E-state index contributed by atoms with van der Waals surface area (Å²) in [6.07, 6.45) is -4.48. The summed E-state index contributed by atoms with van der Waals surface area (Å²) in [6, 6.07) is 5.71. The van der Waals surface area contributed by atoms with E-state index in [1.54, 1.807) is 18.2 Å². The van der Waals surface area contributed by atoms with Gasteiger partial charge >= 0.3 is 12.1 Å². The smallest absolute Gasteiger partial charge is 0.435 e. The van der Waals surface area contributed by atoms with Gasteiger partial charge < -0.3 is 10.4 Å². The van der Waals surface area contributed by atoms with Gasteiger partial charge in [0.05, 0.1) is 5.69 Å². The SMILES string of the molecule is Cn1nc(C(F)(F)F)cc1-c1csc(NC(=O)CCc2c(Cl)cccc2Cl)c1C(=O)O. The average Bonchev–Trinajstić information content (AvgIpc) is 3.24. The molecule has 1 aromatic carbocycles. The number of carbonyl (C=O) groups excluding carboxylic acids is 1. The summed E-state index contributed by atoms with van der Waals surface area (Å²) < 4.78 is 39.8. The van der Waals surface area contributed by atoms with Gasteiger partial charge in [-0.25, -0.2) is 4.79 Å². The Balaban J connectivity index is 1.84. The lowest BCUT2D eigenvalue weighted by atomic mass is 10.1. The molecule has 0 saturated carbocycles. The van der Waals surface area contributed by atoms with Crippen LogP contribution in [0, 0.1) is 0 Å². The van der Waals surface area contributed by atoms with Crippen molar-refractivity contribution in [3.8, 4) is 11.3 Å². The molecule has 0 atom stereocenters. The lowest BCUT2D eigenvalue weighted by molar-refractivity contribution is -0.141. The van der Waals surface area contributed by atoms with Crippen LogP contribution in [0.3, 0.4) is 0 Å². The number of carboxylic acids is 1. The Bertz CT molecular complexity index is 1140. The number of nitrogens with one attached hydrogen (secondary N) is 1. The summed E-state index contributed by atoms with van der Waals surface area (Å²) >= 11 is 13.1. The highest BCUT2D eigenvalue weighted by Gasteiger charge is 2.35. The zero-order valence-corrected chi connectivity index (χ0v) is 18.1. The first-order valence-electron chi connectivity index (χ1n) is 8.68. The van der Waals surface area contributed by atoms with Gasteiger partial charge in [-0.3, -0.25) is 9.48 Å². The van der Waals surface area contributed by atoms with Crippen molar-refractivity contribution in [3.63, 3.8) is 0 Å². The number of benzene rings is 1. The van der Waals surface area contributed by atoms with Crippen molar-refractivity contribution in [3.05, 3.63) is 56.5 Å². The first kappa shape index (κ1) is 23.1. The number of rotatable bonds is 6. The van der Waals surface area contributed by atoms with Gasteiger partial charge in [0.25, 0.3) is 0 Å². The molecule has 2 N–H and O–H groups in total. The van der Waals surface area contributed by atoms with E-state index in [2.05, 4.69) is 10.4 Å². The van der Waals surface area contributed by atoms with E-state index in [1.807, 2.05) is 0 Å². The summed E-state index contributed by atoms with van der Waals surface area (Å²) in [5.41, 5.74) is -0.891. The summed E-state index contributed by atoms with van der Waals surface area (Å²) in [4.78, 5) is 24.2. The van der Waals surface area contributed by atoms with Crippen LogP contribution < -0.4 is 5.32 Å². The Morgan fingerprint density at radius 1 is 1.26 bits per heavy atom. The van der Waals surface area contributed by atoms with Gasteiger partial charge in [-0.15, -0.1) is 11.3 Å². The van der Waals surface area contributed by atoms with Crippen LogP contribution >= 0.6 is 34.5 Å². The van der Waals surface area contributed by atoms with E-state index in [-0.39, 0.29) is 34.7 Å². The van der Waals surface area contributed by atoms with E-state index in [9.17, 15) is 27.9 Å². The largest absolute Gasteiger partial charge is 0.478 e. The Morgan fingerprint density at radius 2 is 1.90 bits per heavy atom. The second-order valence-electron chi connectivity index (χ2n) is 6.44. The van der Waals surface area contributed by atoms with E-state index >= 15 is 0 Å². The summed E-state index contributed by atoms with van der Waals surface area (Å²) in [6.45, 7) is 0. The number of alkyl halides is 3. The molecule has 0 aliphatic heterocycles. The molecular formula is C19H14Cl2F3N3O3S. The predicted octanol–water partition coefficient (Wildman–Crippen LogP) is 5.74. The molecule has 12 heteroatoms. The number of aromatic nitrogens is 2. The molecule has 3 aromatic rings. The number of carboxylic acid groups (broad SMARTS) is 1. The molecule has 0 spiro atoms. The quantitative estimate of drug-likeness (QED) is 0.460. The van der Waals surface area contributed by atoms with Gasteiger partial charge in [0.15, 0.2) is 5.69 Å². The molecule has 6 nitrogen and oxygen atoms in total. The third kappa shape index (κ3) is 5.03. The molecule has 2 heterocycles. The molecular weight excluding hydrogens is 478 g/mol. The summed E-state index contributed by atoms with van der Waals surface area (Å²) in [5, 5.41) is 17.7. The van der Waals surface area contributed by atoms with Crippen molar-refractivity contribution >= 4 is 51.4 Å². The number of aromatic carboxylic acids is 1. The van der Waals surface area contributed by atoms with Crippen LogP contribution in [0.15, 0.2) is 29.6 Å². The third-order valence-corrected chi connectivity index (χ3v) is 5.97. The zero-order chi connectivity index (χ0) is 22.9. The highest BCUT2D eigenvalue weighted by molar-refractivity contribution is 7.15. The highest BCUT2D eigenvalue weighted by Crippen LogP contribution is 2.38. The monoisotopic (exact) mass is 491 g/mol. The van der Waals surface area contributed by atoms with Crippen LogP contribution in [0.5, 0.6) is 0 Å². The fraction of sp³-hybridized carbons (Fsp3) is 0.211. The van der Waals surface area contributed by atoms with E-state index in [0.717, 1.165) is 22.1 Å². The number of aryl methyl sites for hydroxylation is 1. The molecule has 0 aliphatic carbocycles. The predicted molar refractivity (Wildman–Crippen MR) is 112 cm³/mol. The molecule has 0 fully saturated rings. The molecule has 0 unspecified atom stereocenters. The normalized spacial score (nSPS) is 11.5. The number of hydrogen-bond acceptors (Lipinski definition) is 4. The van der Waals surface area contributed by atoms with Gasteiger partial charge in [-0.05, 0) is 30.2 Å². The van der Waals surface area contributed by atoms with Crippen molar-refractivity contribution in [2.24, 2.45) is 7.05 Å². The van der Waals surface area contributed by atoms with Crippen LogP contribution in [0.2, 0.25) is 10.0 Å². The maximum Gasteiger partial charge on any atom is 0.435 e. The summed E-state index contributed by atoms with van der Waals surface area (Å²) in [7, 11) is 1.28. The molecule has 0 saturated heterocycles. The minimum absolute atomic E-state index is 0.00696. The van der Waals surface area contributed by atoms with E-state index in [4.69, 9.17) is 23.2 Å². The summed E-state index contributed by atoms with van der Waals surface area (Å²) in [5.74, 6) is -1.89. The van der Waals surface area contributed by atoms with Gasteiger partial charge in [0.1, 0.15) is 10.6 Å². The van der Waals surface area contributed by atoms with Crippen molar-refractivity contribution in [2.45, 2.75) is 19.0 Å². The molecule has 0 radical (unpaired) electrons. The van der Waals surface area contributed by atoms with Gasteiger partial charge in [-0.2, -0.15) is 18.3 Å². The minimum Gasteiger partial charge on any atom is -0.478 e. The number of amides is 1. The van der Waals surface area contributed by atoms with E-state index in [0.29, 0.717) is 15.6 Å². The lowest BCUT2D eigenvalue weighted by Crippen LogP contribution is -2.14. The highest BCUT2D eigenvalue weighted by atomic mass is 35.5. The van der Waals surface area contributed by atoms with Gasteiger partial charge in [0, 0.05) is 34.5 Å². The molecule has 3 rings (SSSR count). The fourth-order valence-corrected chi connectivity index (χ4v) is 4.46. The van der Waals surface area contributed by atoms with Crippen LogP contribution in [0.1, 0.15) is 28.0 Å². The Labute approximate surface area is 188 Å². The van der Waals surface area contributed by atoms with Crippen molar-refractivity contribution in [2.75, 3.05) is 5.32 Å². The van der Waals surface area contributed by atoms with Crippen LogP contribution in [-0.4, -0.2) is 26.8 Å². The number of carbonyl (C=O) groups is 2. The van der Waals surface area contributed by atoms with Crippen LogP contribution in [0.4, 0.5) is 18.2 Å². The zero-order valence-electron chi connectivity index (χ0n) is 15.8. The number of hydrogen-bond donors (Lipinski definition) is 2. The maximum atomic E-state index is 12.9. The fourth-order valence-electron chi connectivity index (χ4n) is 2.91. The number of halogens is 5. The lowest BCUT2D eigenvalue weighted by Gasteiger charge is -2.08. The van der Waals surface area contributed by atoms with Crippen molar-refractivity contribution < 1.29 is 27.9 Å². The van der Waals surface area contributed by atoms with Crippen LogP contribution in [-0.2, 0) is 24.4 Å². The topological polar surface area (TPSA) is 84.2 Å². The molecule has 1 amide bonds. The molecule has 31 heavy (non-hydrogen) atoms. The van der Waals surface area contributed by atoms with Crippen molar-refractivity contribution in [1.29, 1.82) is 0 Å². The first-order chi connectivity index (χ1) is 14.5. The van der Waals surface area contributed by atoms with Crippen molar-refractivity contribution in [1.82, 2.24) is 9.78 Å². The Kier molecular flexibility index (Phi) is 6.63. The third-order valence-electron chi connectivity index (χ3n) is 4.37. The van der Waals surface area contributed by atoms with E-state index in [1.165, 1.54) is 12.4 Å². The second kappa shape index (κ2) is 8.89. The first-order valence-corrected chi connectivity index (χ1v) is 10.3. The second-order valence-corrected chi connectivity index (χ2v) is 8.14. The minimum atomic E-state index is -4.67. The Hall–Kier alpha value is -2.56. The number of anilines is 1. The van der Waals surface area contributed by atoms with E-state index < -0.39 is 23.7 Å². The van der Waals surface area contributed by atoms with Gasteiger partial charge in [0.2, 0.25) is 5.91 Å². The van der Waals surface area contributed by atoms with Gasteiger partial charge in [-0.1, -0.05) is 29.3 Å². The molecule has 2 aromatic heterocycles. The van der Waals surface area contributed by atoms with Crippen LogP contribution in [0.25, 0.3) is 11.3 Å². The number of nitrogens with zero attached hydrogens (tertiary/aromatic N) is 2. The standard InChI is InChI=1S/C19H14Cl2F3N3O3S/c1-27-13(7-14(26-27)19(22,23)24)10-8-31-17(16(10)18(29)30)25-15(28)6-5-9-11(20)3-2-4-12(9)21/h2-4,7-8H,5-6H2,1H3,(H,25,28)(H,29,30). The molecule has 0 bridgehead atoms. The Morgan fingerprint density at radius 3 is 2.45 bits per heavy atom. The maximum absolute atomic E-state index is 12.9. The average molecular weight is 492 g/mol. The molecule has 0 aliphatic rings. The number of thiophene rings is 1.